The summed E-state index contributed by atoms with van der Waals surface area (Å²) < 4.78 is 0. The summed E-state index contributed by atoms with van der Waals surface area (Å²) in [6, 6.07) is 6.98. The summed E-state index contributed by atoms with van der Waals surface area (Å²) in [7, 11) is 0. The molecule has 0 saturated heterocycles. The van der Waals surface area contributed by atoms with Gasteiger partial charge in [-0.1, -0.05) is 6.07 Å². The van der Waals surface area contributed by atoms with Gasteiger partial charge in [0.15, 0.2) is 6.29 Å². The van der Waals surface area contributed by atoms with Gasteiger partial charge < -0.3 is 0 Å². The third-order valence-corrected chi connectivity index (χ3v) is 3.59. The molecule has 2 rings (SSSR count). The molecule has 0 amide bonds. The second-order valence-electron chi connectivity index (χ2n) is 2.63. The van der Waals surface area contributed by atoms with Crippen molar-refractivity contribution in [3.63, 3.8) is 0 Å². The molecule has 0 unspecified atom stereocenters. The lowest BCUT2D eigenvalue weighted by Gasteiger charge is -1.90. The van der Waals surface area contributed by atoms with Gasteiger partial charge in [0.2, 0.25) is 5.78 Å². The molecule has 70 valence electrons. The molecule has 2 aromatic rings. The summed E-state index contributed by atoms with van der Waals surface area (Å²) in [6.07, 6.45) is 0.760. The van der Waals surface area contributed by atoms with Crippen LogP contribution in [0.3, 0.4) is 0 Å². The first-order valence-electron chi connectivity index (χ1n) is 3.94. The summed E-state index contributed by atoms with van der Waals surface area (Å²) in [6.45, 7) is 0. The van der Waals surface area contributed by atoms with Crippen molar-refractivity contribution in [2.75, 3.05) is 0 Å². The molecule has 4 heteroatoms. The zero-order valence-electron chi connectivity index (χ0n) is 7.10. The van der Waals surface area contributed by atoms with Crippen molar-refractivity contribution < 1.29 is 9.59 Å². The van der Waals surface area contributed by atoms with Crippen molar-refractivity contribution in [2.24, 2.45) is 0 Å². The van der Waals surface area contributed by atoms with Gasteiger partial charge in [-0.15, -0.1) is 22.7 Å². The van der Waals surface area contributed by atoms with E-state index >= 15 is 0 Å². The molecule has 2 aromatic heterocycles. The van der Waals surface area contributed by atoms with Crippen LogP contribution < -0.4 is 0 Å². The number of hydrogen-bond acceptors (Lipinski definition) is 4. The Labute approximate surface area is 88.8 Å². The SMILES string of the molecule is O=Cc1ccc(C(=O)c2cccs2)s1. The molecule has 0 saturated carbocycles. The third-order valence-electron chi connectivity index (χ3n) is 1.71. The number of hydrogen-bond donors (Lipinski definition) is 0. The van der Waals surface area contributed by atoms with Crippen LogP contribution in [-0.4, -0.2) is 12.1 Å². The summed E-state index contributed by atoms with van der Waals surface area (Å²) >= 11 is 2.64. The van der Waals surface area contributed by atoms with Crippen molar-refractivity contribution in [1.82, 2.24) is 0 Å². The van der Waals surface area contributed by atoms with E-state index in [1.165, 1.54) is 22.7 Å². The fourth-order valence-corrected chi connectivity index (χ4v) is 2.59. The van der Waals surface area contributed by atoms with Crippen molar-refractivity contribution in [1.29, 1.82) is 0 Å². The van der Waals surface area contributed by atoms with E-state index in [1.807, 2.05) is 11.4 Å². The fraction of sp³-hybridized carbons (Fsp3) is 0. The maximum absolute atomic E-state index is 11.7. The second kappa shape index (κ2) is 3.86. The predicted octanol–water partition coefficient (Wildman–Crippen LogP) is 2.85. The van der Waals surface area contributed by atoms with Crippen LogP contribution in [0.4, 0.5) is 0 Å². The minimum absolute atomic E-state index is 0.00176. The number of carbonyl (C=O) groups excluding carboxylic acids is 2. The van der Waals surface area contributed by atoms with E-state index in [2.05, 4.69) is 0 Å². The van der Waals surface area contributed by atoms with E-state index in [9.17, 15) is 9.59 Å². The van der Waals surface area contributed by atoms with Gasteiger partial charge in [-0.25, -0.2) is 0 Å². The highest BCUT2D eigenvalue weighted by Crippen LogP contribution is 2.21. The van der Waals surface area contributed by atoms with Gasteiger partial charge >= 0.3 is 0 Å². The summed E-state index contributed by atoms with van der Waals surface area (Å²) in [5, 5.41) is 1.86. The second-order valence-corrected chi connectivity index (χ2v) is 4.69. The molecule has 0 bridgehead atoms. The number of carbonyl (C=O) groups is 2. The Morgan fingerprint density at radius 2 is 2.07 bits per heavy atom. The lowest BCUT2D eigenvalue weighted by Crippen LogP contribution is -1.93. The Morgan fingerprint density at radius 3 is 2.64 bits per heavy atom. The summed E-state index contributed by atoms with van der Waals surface area (Å²) in [5.41, 5.74) is 0. The largest absolute Gasteiger partial charge is 0.297 e. The van der Waals surface area contributed by atoms with E-state index in [1.54, 1.807) is 18.2 Å². The van der Waals surface area contributed by atoms with Crippen LogP contribution in [0, 0.1) is 0 Å². The van der Waals surface area contributed by atoms with Crippen molar-refractivity contribution in [3.8, 4) is 0 Å². The molecule has 0 atom stereocenters. The monoisotopic (exact) mass is 222 g/mol. The molecule has 14 heavy (non-hydrogen) atoms. The number of rotatable bonds is 3. The molecule has 0 radical (unpaired) electrons. The first-order valence-corrected chi connectivity index (χ1v) is 5.64. The number of thiophene rings is 2. The lowest BCUT2D eigenvalue weighted by molar-refractivity contribution is 0.104. The molecule has 0 aliphatic carbocycles. The van der Waals surface area contributed by atoms with Gasteiger partial charge in [-0.3, -0.25) is 9.59 Å². The van der Waals surface area contributed by atoms with Crippen molar-refractivity contribution >= 4 is 34.7 Å². The van der Waals surface area contributed by atoms with Gasteiger partial charge in [-0.2, -0.15) is 0 Å². The molecule has 0 N–H and O–H groups in total. The molecular weight excluding hydrogens is 216 g/mol. The number of aldehydes is 1. The van der Waals surface area contributed by atoms with Gasteiger partial charge in [0.05, 0.1) is 14.6 Å². The third kappa shape index (κ3) is 1.66. The van der Waals surface area contributed by atoms with E-state index in [0.29, 0.717) is 14.6 Å². The zero-order chi connectivity index (χ0) is 9.97. The Balaban J connectivity index is 2.32. The predicted molar refractivity (Wildman–Crippen MR) is 57.5 cm³/mol. The smallest absolute Gasteiger partial charge is 0.212 e. The summed E-state index contributed by atoms with van der Waals surface area (Å²) in [5.74, 6) is -0.00176. The van der Waals surface area contributed by atoms with Crippen LogP contribution >= 0.6 is 22.7 Å². The van der Waals surface area contributed by atoms with Gasteiger partial charge in [-0.05, 0) is 23.6 Å². The quantitative estimate of drug-likeness (QED) is 0.591. The van der Waals surface area contributed by atoms with Crippen LogP contribution in [-0.2, 0) is 0 Å². The highest BCUT2D eigenvalue weighted by Gasteiger charge is 2.11. The molecular formula is C10H6O2S2. The molecule has 0 aromatic carbocycles. The zero-order valence-corrected chi connectivity index (χ0v) is 8.73. The maximum Gasteiger partial charge on any atom is 0.212 e. The first kappa shape index (κ1) is 9.30. The van der Waals surface area contributed by atoms with Gasteiger partial charge in [0.1, 0.15) is 0 Å². The van der Waals surface area contributed by atoms with E-state index < -0.39 is 0 Å². The molecule has 2 heterocycles. The van der Waals surface area contributed by atoms with Crippen LogP contribution in [0.25, 0.3) is 0 Å². The number of ketones is 1. The molecule has 0 spiro atoms. The van der Waals surface area contributed by atoms with Crippen molar-refractivity contribution in [2.45, 2.75) is 0 Å². The van der Waals surface area contributed by atoms with Crippen LogP contribution in [0.15, 0.2) is 29.6 Å². The van der Waals surface area contributed by atoms with Gasteiger partial charge in [0.25, 0.3) is 0 Å². The molecule has 0 aliphatic rings. The lowest BCUT2D eigenvalue weighted by atomic mass is 10.3. The van der Waals surface area contributed by atoms with Crippen LogP contribution in [0.1, 0.15) is 24.2 Å². The Bertz CT molecular complexity index is 454. The normalized spacial score (nSPS) is 10.0. The standard InChI is InChI=1S/C10H6O2S2/c11-6-7-3-4-9(14-7)10(12)8-2-1-5-13-8/h1-6H. The minimum Gasteiger partial charge on any atom is -0.297 e. The highest BCUT2D eigenvalue weighted by atomic mass is 32.1. The van der Waals surface area contributed by atoms with E-state index in [0.717, 1.165) is 6.29 Å². The first-order chi connectivity index (χ1) is 6.81. The highest BCUT2D eigenvalue weighted by molar-refractivity contribution is 7.17. The average Bonchev–Trinajstić information content (AvgIpc) is 2.88. The minimum atomic E-state index is -0.00176. The Hall–Kier alpha value is -1.26. The Morgan fingerprint density at radius 1 is 1.21 bits per heavy atom. The van der Waals surface area contributed by atoms with E-state index in [4.69, 9.17) is 0 Å². The topological polar surface area (TPSA) is 34.1 Å². The fourth-order valence-electron chi connectivity index (χ4n) is 1.07. The summed E-state index contributed by atoms with van der Waals surface area (Å²) in [4.78, 5) is 24.1. The molecule has 0 aliphatic heterocycles. The average molecular weight is 222 g/mol. The maximum atomic E-state index is 11.7. The molecule has 2 nitrogen and oxygen atoms in total. The van der Waals surface area contributed by atoms with Crippen LogP contribution in [0.2, 0.25) is 0 Å². The molecule has 0 fully saturated rings. The van der Waals surface area contributed by atoms with Crippen LogP contribution in [0.5, 0.6) is 0 Å². The van der Waals surface area contributed by atoms with Crippen molar-refractivity contribution in [3.05, 3.63) is 44.3 Å². The van der Waals surface area contributed by atoms with E-state index in [-0.39, 0.29) is 5.78 Å². The Kier molecular flexibility index (Phi) is 2.56. The van der Waals surface area contributed by atoms with Gasteiger partial charge in [0, 0.05) is 0 Å².